The van der Waals surface area contributed by atoms with Gasteiger partial charge in [-0.05, 0) is 55.7 Å². The van der Waals surface area contributed by atoms with E-state index >= 15 is 0 Å². The van der Waals surface area contributed by atoms with Crippen molar-refractivity contribution in [3.05, 3.63) is 23.3 Å². The lowest BCUT2D eigenvalue weighted by Crippen LogP contribution is -2.18. The van der Waals surface area contributed by atoms with Crippen molar-refractivity contribution in [3.63, 3.8) is 0 Å². The number of benzene rings is 1. The standard InChI is InChI=1S/C20H32N2/c1-3-15-13-16(4-2)20(22-18-11-7-8-12-18)14-19(15)21-17-9-5-6-10-17/h13-14,17-18,21-22H,3-12H2,1-2H3. The number of anilines is 2. The largest absolute Gasteiger partial charge is 0.382 e. The van der Waals surface area contributed by atoms with Gasteiger partial charge in [0.25, 0.3) is 0 Å². The zero-order valence-corrected chi connectivity index (χ0v) is 14.4. The van der Waals surface area contributed by atoms with Gasteiger partial charge in [-0.25, -0.2) is 0 Å². The molecule has 2 heteroatoms. The van der Waals surface area contributed by atoms with E-state index in [1.807, 2.05) is 0 Å². The van der Waals surface area contributed by atoms with Crippen LogP contribution >= 0.6 is 0 Å². The predicted molar refractivity (Wildman–Crippen MR) is 97.0 cm³/mol. The molecule has 0 unspecified atom stereocenters. The first-order chi connectivity index (χ1) is 10.8. The van der Waals surface area contributed by atoms with Gasteiger partial charge in [0.05, 0.1) is 0 Å². The Balaban J connectivity index is 1.82. The van der Waals surface area contributed by atoms with Crippen LogP contribution in [0.15, 0.2) is 12.1 Å². The van der Waals surface area contributed by atoms with Gasteiger partial charge in [-0.3, -0.25) is 0 Å². The molecular formula is C20H32N2. The lowest BCUT2D eigenvalue weighted by molar-refractivity contribution is 0.748. The monoisotopic (exact) mass is 300 g/mol. The maximum absolute atomic E-state index is 3.84. The molecular weight excluding hydrogens is 268 g/mol. The summed E-state index contributed by atoms with van der Waals surface area (Å²) in [6.07, 6.45) is 13.1. The van der Waals surface area contributed by atoms with Crippen molar-refractivity contribution >= 4 is 11.4 Å². The molecule has 0 heterocycles. The SMILES string of the molecule is CCc1cc(CC)c(NC2CCCC2)cc1NC1CCCC1. The number of hydrogen-bond donors (Lipinski definition) is 2. The Morgan fingerprint density at radius 3 is 1.50 bits per heavy atom. The van der Waals surface area contributed by atoms with E-state index in [4.69, 9.17) is 0 Å². The second kappa shape index (κ2) is 7.39. The molecule has 2 saturated carbocycles. The normalized spacial score (nSPS) is 19.7. The van der Waals surface area contributed by atoms with Crippen LogP contribution in [0.2, 0.25) is 0 Å². The number of hydrogen-bond acceptors (Lipinski definition) is 2. The minimum Gasteiger partial charge on any atom is -0.382 e. The Morgan fingerprint density at radius 1 is 0.727 bits per heavy atom. The molecule has 0 atom stereocenters. The van der Waals surface area contributed by atoms with E-state index < -0.39 is 0 Å². The smallest absolute Gasteiger partial charge is 0.0395 e. The fraction of sp³-hybridized carbons (Fsp3) is 0.700. The molecule has 0 aromatic heterocycles. The number of aryl methyl sites for hydroxylation is 2. The van der Waals surface area contributed by atoms with Crippen molar-refractivity contribution in [2.75, 3.05) is 10.6 Å². The third kappa shape index (κ3) is 3.59. The molecule has 1 aromatic carbocycles. The molecule has 2 aliphatic carbocycles. The Labute approximate surface area is 136 Å². The van der Waals surface area contributed by atoms with Crippen LogP contribution in [0.3, 0.4) is 0 Å². The summed E-state index contributed by atoms with van der Waals surface area (Å²) in [4.78, 5) is 0. The summed E-state index contributed by atoms with van der Waals surface area (Å²) in [6.45, 7) is 4.55. The lowest BCUT2D eigenvalue weighted by atomic mass is 10.0. The first-order valence-electron chi connectivity index (χ1n) is 9.49. The maximum atomic E-state index is 3.84. The van der Waals surface area contributed by atoms with Crippen molar-refractivity contribution in [2.45, 2.75) is 90.1 Å². The summed E-state index contributed by atoms with van der Waals surface area (Å²) in [5, 5.41) is 7.67. The van der Waals surface area contributed by atoms with E-state index in [1.165, 1.54) is 73.9 Å². The average molecular weight is 300 g/mol. The molecule has 0 aliphatic heterocycles. The van der Waals surface area contributed by atoms with Gasteiger partial charge in [0, 0.05) is 23.5 Å². The summed E-state index contributed by atoms with van der Waals surface area (Å²) in [5.41, 5.74) is 5.74. The van der Waals surface area contributed by atoms with Crippen LogP contribution in [-0.2, 0) is 12.8 Å². The van der Waals surface area contributed by atoms with E-state index in [2.05, 4.69) is 36.6 Å². The van der Waals surface area contributed by atoms with Crippen molar-refractivity contribution in [1.82, 2.24) is 0 Å². The molecule has 122 valence electrons. The van der Waals surface area contributed by atoms with Gasteiger partial charge in [-0.2, -0.15) is 0 Å². The molecule has 0 saturated heterocycles. The average Bonchev–Trinajstić information content (AvgIpc) is 3.21. The van der Waals surface area contributed by atoms with Crippen LogP contribution in [0.5, 0.6) is 0 Å². The summed E-state index contributed by atoms with van der Waals surface area (Å²) in [6, 6.07) is 6.23. The Hall–Kier alpha value is -1.18. The summed E-state index contributed by atoms with van der Waals surface area (Å²) in [7, 11) is 0. The molecule has 1 aromatic rings. The van der Waals surface area contributed by atoms with Crippen molar-refractivity contribution in [3.8, 4) is 0 Å². The van der Waals surface area contributed by atoms with Crippen LogP contribution in [0.25, 0.3) is 0 Å². The minimum absolute atomic E-state index is 0.692. The van der Waals surface area contributed by atoms with E-state index in [0.29, 0.717) is 12.1 Å². The van der Waals surface area contributed by atoms with Crippen LogP contribution in [0.4, 0.5) is 11.4 Å². The molecule has 0 radical (unpaired) electrons. The van der Waals surface area contributed by atoms with E-state index in [9.17, 15) is 0 Å². The third-order valence-electron chi connectivity index (χ3n) is 5.52. The molecule has 3 rings (SSSR count). The first-order valence-corrected chi connectivity index (χ1v) is 9.49. The number of nitrogens with one attached hydrogen (secondary N) is 2. The highest BCUT2D eigenvalue weighted by atomic mass is 15.0. The number of rotatable bonds is 6. The molecule has 0 amide bonds. The Kier molecular flexibility index (Phi) is 5.28. The highest BCUT2D eigenvalue weighted by Gasteiger charge is 2.19. The Morgan fingerprint density at radius 2 is 1.14 bits per heavy atom. The second-order valence-electron chi connectivity index (χ2n) is 7.13. The fourth-order valence-electron chi connectivity index (χ4n) is 4.13. The quantitative estimate of drug-likeness (QED) is 0.722. The van der Waals surface area contributed by atoms with E-state index in [1.54, 1.807) is 0 Å². The van der Waals surface area contributed by atoms with Crippen LogP contribution in [0.1, 0.15) is 76.3 Å². The van der Waals surface area contributed by atoms with Crippen molar-refractivity contribution in [1.29, 1.82) is 0 Å². The summed E-state index contributed by atoms with van der Waals surface area (Å²) in [5.74, 6) is 0. The molecule has 2 fully saturated rings. The zero-order valence-electron chi connectivity index (χ0n) is 14.4. The van der Waals surface area contributed by atoms with Crippen LogP contribution < -0.4 is 10.6 Å². The van der Waals surface area contributed by atoms with E-state index in [0.717, 1.165) is 12.8 Å². The first kappa shape index (κ1) is 15.7. The van der Waals surface area contributed by atoms with Gasteiger partial charge in [0.15, 0.2) is 0 Å². The van der Waals surface area contributed by atoms with Gasteiger partial charge in [-0.15, -0.1) is 0 Å². The molecule has 2 N–H and O–H groups in total. The summed E-state index contributed by atoms with van der Waals surface area (Å²) < 4.78 is 0. The van der Waals surface area contributed by atoms with Crippen LogP contribution in [0, 0.1) is 0 Å². The van der Waals surface area contributed by atoms with Gasteiger partial charge in [0.2, 0.25) is 0 Å². The molecule has 0 spiro atoms. The molecule has 2 nitrogen and oxygen atoms in total. The summed E-state index contributed by atoms with van der Waals surface area (Å²) >= 11 is 0. The Bertz CT molecular complexity index is 441. The van der Waals surface area contributed by atoms with E-state index in [-0.39, 0.29) is 0 Å². The highest BCUT2D eigenvalue weighted by molar-refractivity contribution is 5.66. The predicted octanol–water partition coefficient (Wildman–Crippen LogP) is 5.52. The van der Waals surface area contributed by atoms with Crippen LogP contribution in [-0.4, -0.2) is 12.1 Å². The highest BCUT2D eigenvalue weighted by Crippen LogP contribution is 2.32. The van der Waals surface area contributed by atoms with Gasteiger partial charge in [0.1, 0.15) is 0 Å². The molecule has 2 aliphatic rings. The fourth-order valence-corrected chi connectivity index (χ4v) is 4.13. The molecule has 0 bridgehead atoms. The lowest BCUT2D eigenvalue weighted by Gasteiger charge is -2.22. The van der Waals surface area contributed by atoms with Gasteiger partial charge in [-0.1, -0.05) is 45.6 Å². The molecule has 22 heavy (non-hydrogen) atoms. The minimum atomic E-state index is 0.692. The van der Waals surface area contributed by atoms with Crippen molar-refractivity contribution in [2.24, 2.45) is 0 Å². The maximum Gasteiger partial charge on any atom is 0.0395 e. The van der Waals surface area contributed by atoms with Crippen molar-refractivity contribution < 1.29 is 0 Å². The third-order valence-corrected chi connectivity index (χ3v) is 5.52. The van der Waals surface area contributed by atoms with Gasteiger partial charge >= 0.3 is 0 Å². The second-order valence-corrected chi connectivity index (χ2v) is 7.13. The zero-order chi connectivity index (χ0) is 15.4. The topological polar surface area (TPSA) is 24.1 Å². The van der Waals surface area contributed by atoms with Gasteiger partial charge < -0.3 is 10.6 Å².